The molecule has 0 amide bonds. The Morgan fingerprint density at radius 2 is 1.60 bits per heavy atom. The number of rotatable bonds is 5. The third-order valence-corrected chi connectivity index (χ3v) is 8.91. The van der Waals surface area contributed by atoms with Crippen LogP contribution in [0.2, 0.25) is 0 Å². The summed E-state index contributed by atoms with van der Waals surface area (Å²) in [5.41, 5.74) is 11.3. The van der Waals surface area contributed by atoms with Gasteiger partial charge < -0.3 is 0 Å². The van der Waals surface area contributed by atoms with Crippen LogP contribution >= 0.6 is 17.0 Å². The normalized spacial score (nSPS) is 11.9. The van der Waals surface area contributed by atoms with Gasteiger partial charge in [-0.15, -0.1) is 40.1 Å². The number of fused-ring (bicyclic) bond motifs is 4. The van der Waals surface area contributed by atoms with Crippen molar-refractivity contribution in [2.75, 3.05) is 0 Å². The van der Waals surface area contributed by atoms with Crippen LogP contribution < -0.4 is 10.4 Å². The molecule has 202 valence electrons. The number of halogens is 2. The summed E-state index contributed by atoms with van der Waals surface area (Å²) in [6.07, 6.45) is 3.52. The van der Waals surface area contributed by atoms with Crippen LogP contribution in [0.5, 0.6) is 0 Å². The Balaban J connectivity index is 0.000000192. The SMILES string of the molecule is CCCc1ccc2[cH-]c(C(C)CC)cc2c1-c1cc(C)cc(C)c1.[Cl][Zr+2][Cl].[c-]1cccc2c1[Si]c1ccccc1-2. The molecule has 1 unspecified atom stereocenters. The van der Waals surface area contributed by atoms with E-state index in [1.807, 2.05) is 6.07 Å². The van der Waals surface area contributed by atoms with E-state index in [4.69, 9.17) is 17.0 Å². The van der Waals surface area contributed by atoms with Crippen LogP contribution in [0.25, 0.3) is 33.0 Å². The summed E-state index contributed by atoms with van der Waals surface area (Å²) in [4.78, 5) is 0. The van der Waals surface area contributed by atoms with Gasteiger partial charge in [-0.25, -0.2) is 0 Å². The number of aryl methyl sites for hydroxylation is 3. The van der Waals surface area contributed by atoms with Crippen molar-refractivity contribution in [1.82, 2.24) is 0 Å². The predicted molar refractivity (Wildman–Crippen MR) is 175 cm³/mol. The van der Waals surface area contributed by atoms with Gasteiger partial charge in [-0.3, -0.25) is 0 Å². The van der Waals surface area contributed by atoms with E-state index in [1.165, 1.54) is 78.5 Å². The second-order valence-electron chi connectivity index (χ2n) is 10.5. The summed E-state index contributed by atoms with van der Waals surface area (Å²) in [6.45, 7) is 11.3. The van der Waals surface area contributed by atoms with Gasteiger partial charge in [0, 0.05) is 0 Å². The topological polar surface area (TPSA) is 0 Å². The first-order chi connectivity index (χ1) is 19.4. The molecule has 0 N–H and O–H groups in total. The molecule has 4 heteroatoms. The maximum absolute atomic E-state index is 4.93. The molecule has 0 bridgehead atoms. The quantitative estimate of drug-likeness (QED) is 0.128. The van der Waals surface area contributed by atoms with Crippen molar-refractivity contribution in [3.8, 4) is 22.3 Å². The van der Waals surface area contributed by atoms with Gasteiger partial charge >= 0.3 is 37.9 Å². The summed E-state index contributed by atoms with van der Waals surface area (Å²) in [6, 6.07) is 34.6. The Kier molecular flexibility index (Phi) is 11.6. The van der Waals surface area contributed by atoms with Crippen LogP contribution in [0.4, 0.5) is 0 Å². The summed E-state index contributed by atoms with van der Waals surface area (Å²) < 4.78 is 0. The van der Waals surface area contributed by atoms with Gasteiger partial charge in [-0.05, 0) is 31.7 Å². The molecule has 1 aliphatic rings. The fourth-order valence-electron chi connectivity index (χ4n) is 5.53. The summed E-state index contributed by atoms with van der Waals surface area (Å²) >= 11 is -0.826. The molecular formula is C36H36Cl2SiZr. The van der Waals surface area contributed by atoms with Crippen molar-refractivity contribution in [2.24, 2.45) is 0 Å². The second-order valence-corrected chi connectivity index (χ2v) is 15.5. The van der Waals surface area contributed by atoms with Crippen LogP contribution in [0.3, 0.4) is 0 Å². The minimum Gasteiger partial charge on any atom is -0.184 e. The van der Waals surface area contributed by atoms with E-state index in [2.05, 4.69) is 120 Å². The zero-order valence-electron chi connectivity index (χ0n) is 24.0. The summed E-state index contributed by atoms with van der Waals surface area (Å²) in [5.74, 6) is 0.624. The van der Waals surface area contributed by atoms with Crippen molar-refractivity contribution < 1.29 is 20.8 Å². The zero-order valence-corrected chi connectivity index (χ0v) is 29.0. The van der Waals surface area contributed by atoms with Crippen molar-refractivity contribution >= 4 is 47.7 Å². The van der Waals surface area contributed by atoms with Crippen molar-refractivity contribution in [3.05, 3.63) is 113 Å². The Bertz CT molecular complexity index is 1510. The van der Waals surface area contributed by atoms with Crippen molar-refractivity contribution in [1.29, 1.82) is 0 Å². The number of hydrogen-bond acceptors (Lipinski definition) is 0. The fraction of sp³-hybridized carbons (Fsp3) is 0.250. The Morgan fingerprint density at radius 3 is 2.30 bits per heavy atom. The first-order valence-electron chi connectivity index (χ1n) is 14.0. The molecule has 5 aromatic carbocycles. The van der Waals surface area contributed by atoms with Gasteiger partial charge in [0.1, 0.15) is 0 Å². The Hall–Kier alpha value is -1.83. The van der Waals surface area contributed by atoms with E-state index in [0.29, 0.717) is 5.92 Å². The van der Waals surface area contributed by atoms with Crippen LogP contribution in [0.1, 0.15) is 61.8 Å². The van der Waals surface area contributed by atoms with Crippen LogP contribution in [0.15, 0.2) is 84.9 Å². The molecule has 0 aliphatic carbocycles. The third-order valence-electron chi connectivity index (χ3n) is 7.54. The zero-order chi connectivity index (χ0) is 28.6. The van der Waals surface area contributed by atoms with E-state index >= 15 is 0 Å². The maximum Gasteiger partial charge on any atom is 0.0920 e. The first kappa shape index (κ1) is 31.1. The molecule has 1 heterocycles. The second kappa shape index (κ2) is 14.9. The van der Waals surface area contributed by atoms with Gasteiger partial charge in [0.15, 0.2) is 0 Å². The van der Waals surface area contributed by atoms with Crippen molar-refractivity contribution in [2.45, 2.75) is 59.8 Å². The molecule has 0 saturated carbocycles. The molecule has 2 radical (unpaired) electrons. The van der Waals surface area contributed by atoms with Gasteiger partial charge in [0.05, 0.1) is 9.52 Å². The van der Waals surface area contributed by atoms with Crippen LogP contribution in [-0.4, -0.2) is 9.52 Å². The fourth-order valence-corrected chi connectivity index (χ4v) is 6.84. The van der Waals surface area contributed by atoms with E-state index in [1.54, 1.807) is 0 Å². The standard InChI is InChI=1S/C24H29.C12H7Si.2ClH.Zr/c1-6-8-19-9-10-20-14-21(18(5)7-2)15-23(20)24(19)22-12-16(3)11-17(4)13-22;1-3-7-11-9(5-1)10-6-2-4-8-12(10)13-11;;;/h9-15,18H,6-8H2,1-5H3;1-7H;2*1H;/q2*-1;;;+4/p-2. The molecule has 40 heavy (non-hydrogen) atoms. The Labute approximate surface area is 262 Å². The van der Waals surface area contributed by atoms with E-state index in [0.717, 1.165) is 15.9 Å². The molecule has 1 atom stereocenters. The molecular weight excluding hydrogens is 623 g/mol. The average Bonchev–Trinajstić information content (AvgIpc) is 3.55. The average molecular weight is 659 g/mol. The molecule has 0 fully saturated rings. The molecule has 0 nitrogen and oxygen atoms in total. The predicted octanol–water partition coefficient (Wildman–Crippen LogP) is 9.81. The van der Waals surface area contributed by atoms with Gasteiger partial charge in [0.2, 0.25) is 0 Å². The summed E-state index contributed by atoms with van der Waals surface area (Å²) in [7, 11) is 10.7. The van der Waals surface area contributed by atoms with E-state index < -0.39 is 20.8 Å². The van der Waals surface area contributed by atoms with Crippen molar-refractivity contribution in [3.63, 3.8) is 0 Å². The van der Waals surface area contributed by atoms with Crippen LogP contribution in [-0.2, 0) is 27.3 Å². The van der Waals surface area contributed by atoms with Gasteiger partial charge in [-0.2, -0.15) is 35.5 Å². The smallest absolute Gasteiger partial charge is 0.0920 e. The van der Waals surface area contributed by atoms with E-state index in [-0.39, 0.29) is 0 Å². The molecule has 1 aliphatic heterocycles. The first-order valence-corrected chi connectivity index (χ1v) is 21.4. The summed E-state index contributed by atoms with van der Waals surface area (Å²) in [5, 5.41) is 5.64. The Morgan fingerprint density at radius 1 is 0.900 bits per heavy atom. The number of hydrogen-bond donors (Lipinski definition) is 0. The number of benzene rings is 4. The van der Waals surface area contributed by atoms with Gasteiger partial charge in [0.25, 0.3) is 0 Å². The van der Waals surface area contributed by atoms with Crippen LogP contribution in [0, 0.1) is 19.9 Å². The molecule has 6 rings (SSSR count). The molecule has 0 saturated heterocycles. The minimum atomic E-state index is -0.826. The molecule has 0 aromatic heterocycles. The minimum absolute atomic E-state index is 0.624. The maximum atomic E-state index is 4.93. The largest absolute Gasteiger partial charge is 0.184 e. The van der Waals surface area contributed by atoms with Gasteiger partial charge in [-0.1, -0.05) is 109 Å². The monoisotopic (exact) mass is 656 g/mol. The molecule has 5 aromatic rings. The molecule has 0 spiro atoms. The third kappa shape index (κ3) is 7.32. The van der Waals surface area contributed by atoms with E-state index in [9.17, 15) is 0 Å².